The van der Waals surface area contributed by atoms with Gasteiger partial charge in [0.15, 0.2) is 0 Å². The maximum atomic E-state index is 11.6. The van der Waals surface area contributed by atoms with Crippen molar-refractivity contribution in [3.05, 3.63) is 0 Å². The molecule has 1 heterocycles. The van der Waals surface area contributed by atoms with Crippen molar-refractivity contribution < 1.29 is 19.5 Å². The van der Waals surface area contributed by atoms with E-state index in [1.54, 1.807) is 0 Å². The summed E-state index contributed by atoms with van der Waals surface area (Å²) in [5, 5.41) is 13.3. The Morgan fingerprint density at radius 3 is 2.53 bits per heavy atom. The number of carboxylic acids is 1. The van der Waals surface area contributed by atoms with Crippen molar-refractivity contribution in [3.8, 4) is 0 Å². The van der Waals surface area contributed by atoms with Crippen LogP contribution in [0.2, 0.25) is 0 Å². The molecular weight excluding hydrogens is 200 g/mol. The number of hydrogen-bond acceptors (Lipinski definition) is 3. The number of carboxylic acid groups (broad SMARTS) is 1. The molecule has 2 fully saturated rings. The highest BCUT2D eigenvalue weighted by Crippen LogP contribution is 2.43. The van der Waals surface area contributed by atoms with Gasteiger partial charge in [0.1, 0.15) is 5.54 Å². The maximum Gasteiger partial charge on any atom is 0.322 e. The maximum absolute atomic E-state index is 11.6. The van der Waals surface area contributed by atoms with Gasteiger partial charge in [0, 0.05) is 6.42 Å². The van der Waals surface area contributed by atoms with Crippen LogP contribution in [0.3, 0.4) is 0 Å². The molecule has 6 nitrogen and oxygen atoms in total. The average molecular weight is 212 g/mol. The van der Waals surface area contributed by atoms with Gasteiger partial charge < -0.3 is 10.4 Å². The minimum Gasteiger partial charge on any atom is -0.481 e. The molecule has 82 valence electrons. The third kappa shape index (κ3) is 1.67. The zero-order chi connectivity index (χ0) is 11.1. The zero-order valence-electron chi connectivity index (χ0n) is 8.08. The summed E-state index contributed by atoms with van der Waals surface area (Å²) in [6, 6.07) is -0.516. The van der Waals surface area contributed by atoms with Crippen LogP contribution in [0.15, 0.2) is 0 Å². The van der Waals surface area contributed by atoms with Crippen LogP contribution in [0.5, 0.6) is 0 Å². The summed E-state index contributed by atoms with van der Waals surface area (Å²) >= 11 is 0. The third-order valence-corrected chi connectivity index (χ3v) is 2.98. The van der Waals surface area contributed by atoms with Crippen molar-refractivity contribution in [1.29, 1.82) is 0 Å². The van der Waals surface area contributed by atoms with Gasteiger partial charge in [0.25, 0.3) is 5.91 Å². The van der Waals surface area contributed by atoms with Crippen LogP contribution in [-0.4, -0.2) is 28.6 Å². The Kier molecular flexibility index (Phi) is 2.13. The van der Waals surface area contributed by atoms with Crippen molar-refractivity contribution in [2.45, 2.75) is 31.2 Å². The molecule has 0 aromatic heterocycles. The number of amides is 3. The van der Waals surface area contributed by atoms with Gasteiger partial charge in [-0.05, 0) is 25.2 Å². The molecule has 0 spiro atoms. The van der Waals surface area contributed by atoms with Gasteiger partial charge in [0.2, 0.25) is 0 Å². The quantitative estimate of drug-likeness (QED) is 0.564. The van der Waals surface area contributed by atoms with Crippen LogP contribution in [0, 0.1) is 5.92 Å². The number of nitrogens with one attached hydrogen (secondary N) is 2. The standard InChI is InChI=1S/C9H12N2O4/c12-6(13)3-4-9(5-1-2-5)7(14)10-8(15)11-9/h5H,1-4H2,(H,12,13)(H2,10,11,14,15)/t9-/m0/s1. The Morgan fingerprint density at radius 2 is 2.13 bits per heavy atom. The largest absolute Gasteiger partial charge is 0.481 e. The van der Waals surface area contributed by atoms with Crippen LogP contribution < -0.4 is 10.6 Å². The lowest BCUT2D eigenvalue weighted by atomic mass is 9.88. The van der Waals surface area contributed by atoms with E-state index in [4.69, 9.17) is 5.11 Å². The zero-order valence-corrected chi connectivity index (χ0v) is 8.08. The van der Waals surface area contributed by atoms with Crippen molar-refractivity contribution in [3.63, 3.8) is 0 Å². The van der Waals surface area contributed by atoms with E-state index in [9.17, 15) is 14.4 Å². The van der Waals surface area contributed by atoms with Gasteiger partial charge >= 0.3 is 12.0 Å². The molecule has 15 heavy (non-hydrogen) atoms. The van der Waals surface area contributed by atoms with Gasteiger partial charge in [-0.2, -0.15) is 0 Å². The van der Waals surface area contributed by atoms with Crippen LogP contribution in [0.4, 0.5) is 4.79 Å². The second-order valence-corrected chi connectivity index (χ2v) is 4.05. The second-order valence-electron chi connectivity index (χ2n) is 4.05. The van der Waals surface area contributed by atoms with E-state index in [1.165, 1.54) is 0 Å². The summed E-state index contributed by atoms with van der Waals surface area (Å²) in [6.45, 7) is 0. The van der Waals surface area contributed by atoms with Gasteiger partial charge in [0.05, 0.1) is 0 Å². The van der Waals surface area contributed by atoms with E-state index >= 15 is 0 Å². The first-order valence-corrected chi connectivity index (χ1v) is 4.90. The minimum atomic E-state index is -0.963. The number of carbonyl (C=O) groups is 3. The fourth-order valence-electron chi connectivity index (χ4n) is 2.05. The van der Waals surface area contributed by atoms with Gasteiger partial charge in [-0.15, -0.1) is 0 Å². The number of imide groups is 1. The molecule has 1 aliphatic heterocycles. The van der Waals surface area contributed by atoms with Crippen LogP contribution in [0.25, 0.3) is 0 Å². The van der Waals surface area contributed by atoms with Crippen molar-refractivity contribution in [2.24, 2.45) is 5.92 Å². The van der Waals surface area contributed by atoms with Crippen LogP contribution in [-0.2, 0) is 9.59 Å². The van der Waals surface area contributed by atoms with Crippen molar-refractivity contribution in [2.75, 3.05) is 0 Å². The fraction of sp³-hybridized carbons (Fsp3) is 0.667. The van der Waals surface area contributed by atoms with Gasteiger partial charge in [-0.3, -0.25) is 14.9 Å². The number of hydrogen-bond donors (Lipinski definition) is 3. The molecular formula is C9H12N2O4. The molecule has 0 unspecified atom stereocenters. The number of carbonyl (C=O) groups excluding carboxylic acids is 2. The number of aliphatic carboxylic acids is 1. The summed E-state index contributed by atoms with van der Waals surface area (Å²) in [5.41, 5.74) is -0.963. The predicted molar refractivity (Wildman–Crippen MR) is 49.0 cm³/mol. The Labute approximate surface area is 86.0 Å². The van der Waals surface area contributed by atoms with Crippen molar-refractivity contribution >= 4 is 17.9 Å². The highest BCUT2D eigenvalue weighted by Gasteiger charge is 2.55. The first-order valence-electron chi connectivity index (χ1n) is 4.90. The Hall–Kier alpha value is -1.59. The molecule has 0 aromatic rings. The topological polar surface area (TPSA) is 95.5 Å². The minimum absolute atomic E-state index is 0.100. The predicted octanol–water partition coefficient (Wildman–Crippen LogP) is -0.161. The molecule has 2 aliphatic rings. The Morgan fingerprint density at radius 1 is 1.47 bits per heavy atom. The highest BCUT2D eigenvalue weighted by atomic mass is 16.4. The Bertz CT molecular complexity index is 337. The molecule has 6 heteroatoms. The second kappa shape index (κ2) is 3.22. The van der Waals surface area contributed by atoms with Crippen molar-refractivity contribution in [1.82, 2.24) is 10.6 Å². The molecule has 0 radical (unpaired) electrons. The third-order valence-electron chi connectivity index (χ3n) is 2.98. The molecule has 1 aliphatic carbocycles. The SMILES string of the molecule is O=C(O)CC[C@@]1(C2CC2)NC(=O)NC1=O. The molecule has 3 amide bonds. The molecule has 1 saturated heterocycles. The summed E-state index contributed by atoms with van der Waals surface area (Å²) in [6.07, 6.45) is 1.80. The molecule has 0 aromatic carbocycles. The normalized spacial score (nSPS) is 29.9. The van der Waals surface area contributed by atoms with Crippen LogP contribution in [0.1, 0.15) is 25.7 Å². The molecule has 3 N–H and O–H groups in total. The Balaban J connectivity index is 2.13. The summed E-state index contributed by atoms with van der Waals surface area (Å²) in [5.74, 6) is -1.23. The van der Waals surface area contributed by atoms with Gasteiger partial charge in [-0.25, -0.2) is 4.79 Å². The van der Waals surface area contributed by atoms with Gasteiger partial charge in [-0.1, -0.05) is 0 Å². The average Bonchev–Trinajstić information content (AvgIpc) is 2.91. The lowest BCUT2D eigenvalue weighted by molar-refractivity contribution is -0.137. The van der Waals surface area contributed by atoms with Crippen LogP contribution >= 0.6 is 0 Å². The smallest absolute Gasteiger partial charge is 0.322 e. The van der Waals surface area contributed by atoms with E-state index in [0.29, 0.717) is 0 Å². The number of urea groups is 1. The molecule has 2 rings (SSSR count). The fourth-order valence-corrected chi connectivity index (χ4v) is 2.05. The molecule has 1 atom stereocenters. The molecule has 0 bridgehead atoms. The first kappa shape index (κ1) is 9.95. The monoisotopic (exact) mass is 212 g/mol. The molecule has 1 saturated carbocycles. The van der Waals surface area contributed by atoms with E-state index in [2.05, 4.69) is 10.6 Å². The summed E-state index contributed by atoms with van der Waals surface area (Å²) < 4.78 is 0. The van der Waals surface area contributed by atoms with E-state index < -0.39 is 17.5 Å². The summed E-state index contributed by atoms with van der Waals surface area (Å²) in [7, 11) is 0. The lowest BCUT2D eigenvalue weighted by Crippen LogP contribution is -2.49. The highest BCUT2D eigenvalue weighted by molar-refractivity contribution is 6.07. The number of rotatable bonds is 4. The first-order chi connectivity index (χ1) is 7.04. The van der Waals surface area contributed by atoms with E-state index in [0.717, 1.165) is 12.8 Å². The lowest BCUT2D eigenvalue weighted by Gasteiger charge is -2.24. The summed E-state index contributed by atoms with van der Waals surface area (Å²) in [4.78, 5) is 33.2. The van der Waals surface area contributed by atoms with E-state index in [1.807, 2.05) is 0 Å². The van der Waals surface area contributed by atoms with E-state index in [-0.39, 0.29) is 24.7 Å².